The fraction of sp³-hybridized carbons (Fsp3) is 0.600. The van der Waals surface area contributed by atoms with Crippen molar-refractivity contribution in [1.82, 2.24) is 0 Å². The first kappa shape index (κ1) is 12.8. The molecule has 0 radical (unpaired) electrons. The van der Waals surface area contributed by atoms with Gasteiger partial charge in [0.2, 0.25) is 0 Å². The maximum absolute atomic E-state index is 6.47. The first-order chi connectivity index (χ1) is 8.74. The zero-order valence-electron chi connectivity index (χ0n) is 10.4. The Balaban J connectivity index is 1.84. The number of hydrogen-bond donors (Lipinski definition) is 0. The number of rotatable bonds is 2. The Morgan fingerprint density at radius 3 is 2.94 bits per heavy atom. The van der Waals surface area contributed by atoms with Crippen molar-refractivity contribution in [3.8, 4) is 5.75 Å². The van der Waals surface area contributed by atoms with Crippen LogP contribution in [0.5, 0.6) is 5.75 Å². The molecule has 1 aliphatic heterocycles. The van der Waals surface area contributed by atoms with Crippen LogP contribution in [0.25, 0.3) is 0 Å². The minimum atomic E-state index is 0.342. The van der Waals surface area contributed by atoms with E-state index in [4.69, 9.17) is 16.3 Å². The molecule has 18 heavy (non-hydrogen) atoms. The van der Waals surface area contributed by atoms with Gasteiger partial charge in [0.15, 0.2) is 0 Å². The molecule has 2 unspecified atom stereocenters. The average molecular weight is 330 g/mol. The van der Waals surface area contributed by atoms with Crippen molar-refractivity contribution < 1.29 is 4.74 Å². The Morgan fingerprint density at radius 1 is 1.28 bits per heavy atom. The van der Waals surface area contributed by atoms with E-state index in [2.05, 4.69) is 28.1 Å². The van der Waals surface area contributed by atoms with Crippen LogP contribution in [0.4, 0.5) is 0 Å². The molecule has 1 aliphatic carbocycles. The molecule has 0 aromatic heterocycles. The number of benzene rings is 1. The second kappa shape index (κ2) is 5.42. The Kier molecular flexibility index (Phi) is 3.86. The molecule has 0 spiro atoms. The van der Waals surface area contributed by atoms with Crippen molar-refractivity contribution in [2.45, 2.75) is 43.9 Å². The van der Waals surface area contributed by atoms with Gasteiger partial charge in [-0.3, -0.25) is 0 Å². The fourth-order valence-electron chi connectivity index (χ4n) is 3.17. The summed E-state index contributed by atoms with van der Waals surface area (Å²) in [6.07, 6.45) is 7.15. The van der Waals surface area contributed by atoms with Gasteiger partial charge in [-0.1, -0.05) is 28.8 Å². The van der Waals surface area contributed by atoms with Gasteiger partial charge in [0.25, 0.3) is 0 Å². The number of ether oxygens (including phenoxy) is 1. The molecular weight excluding hydrogens is 312 g/mol. The van der Waals surface area contributed by atoms with Crippen LogP contribution >= 0.6 is 27.5 Å². The zero-order chi connectivity index (χ0) is 12.5. The fourth-order valence-corrected chi connectivity index (χ4v) is 4.09. The Bertz CT molecular complexity index is 446. The van der Waals surface area contributed by atoms with Crippen LogP contribution in [0.2, 0.25) is 0 Å². The van der Waals surface area contributed by atoms with Gasteiger partial charge in [0.05, 0.1) is 6.61 Å². The molecular formula is C15H18BrClO. The van der Waals surface area contributed by atoms with Crippen LogP contribution < -0.4 is 4.74 Å². The summed E-state index contributed by atoms with van der Waals surface area (Å²) in [7, 11) is 0. The average Bonchev–Trinajstić information content (AvgIpc) is 2.80. The summed E-state index contributed by atoms with van der Waals surface area (Å²) in [5.74, 6) is 1.75. The van der Waals surface area contributed by atoms with E-state index < -0.39 is 0 Å². The molecule has 3 rings (SSSR count). The van der Waals surface area contributed by atoms with Crippen molar-refractivity contribution in [3.05, 3.63) is 27.7 Å². The van der Waals surface area contributed by atoms with Gasteiger partial charge in [-0.2, -0.15) is 0 Å². The van der Waals surface area contributed by atoms with E-state index in [0.717, 1.165) is 25.2 Å². The highest BCUT2D eigenvalue weighted by atomic mass is 79.9. The molecule has 0 bridgehead atoms. The summed E-state index contributed by atoms with van der Waals surface area (Å²) in [6.45, 7) is 0.827. The van der Waals surface area contributed by atoms with Crippen LogP contribution in [0, 0.1) is 5.92 Å². The SMILES string of the molecule is ClC1CCCCC1Cc1cc(Br)cc2c1OCC2. The predicted octanol–water partition coefficient (Wildman–Crippen LogP) is 4.72. The van der Waals surface area contributed by atoms with Gasteiger partial charge in [-0.25, -0.2) is 0 Å². The summed E-state index contributed by atoms with van der Waals surface area (Å²) in [6, 6.07) is 4.40. The van der Waals surface area contributed by atoms with Crippen LogP contribution in [0.3, 0.4) is 0 Å². The monoisotopic (exact) mass is 328 g/mol. The first-order valence-corrected chi connectivity index (χ1v) is 8.05. The molecule has 0 saturated heterocycles. The zero-order valence-corrected chi connectivity index (χ0v) is 12.8. The molecule has 1 nitrogen and oxygen atoms in total. The van der Waals surface area contributed by atoms with E-state index in [1.165, 1.54) is 41.3 Å². The molecule has 0 amide bonds. The quantitative estimate of drug-likeness (QED) is 0.713. The summed E-state index contributed by atoms with van der Waals surface area (Å²) in [5, 5.41) is 0.342. The number of alkyl halides is 1. The van der Waals surface area contributed by atoms with Crippen molar-refractivity contribution >= 4 is 27.5 Å². The summed E-state index contributed by atoms with van der Waals surface area (Å²) < 4.78 is 6.97. The molecule has 2 aliphatic rings. The minimum Gasteiger partial charge on any atom is -0.493 e. The normalized spacial score (nSPS) is 26.8. The highest BCUT2D eigenvalue weighted by Gasteiger charge is 2.26. The second-order valence-corrected chi connectivity index (χ2v) is 6.89. The number of hydrogen-bond acceptors (Lipinski definition) is 1. The van der Waals surface area contributed by atoms with E-state index in [1.807, 2.05) is 0 Å². The highest BCUT2D eigenvalue weighted by molar-refractivity contribution is 9.10. The number of halogens is 2. The molecule has 0 N–H and O–H groups in total. The molecule has 3 heteroatoms. The Hall–Kier alpha value is -0.210. The predicted molar refractivity (Wildman–Crippen MR) is 78.6 cm³/mol. The van der Waals surface area contributed by atoms with Crippen molar-refractivity contribution in [2.24, 2.45) is 5.92 Å². The Morgan fingerprint density at radius 2 is 2.11 bits per heavy atom. The summed E-state index contributed by atoms with van der Waals surface area (Å²) >= 11 is 10.1. The lowest BCUT2D eigenvalue weighted by atomic mass is 9.84. The van der Waals surface area contributed by atoms with Gasteiger partial charge >= 0.3 is 0 Å². The summed E-state index contributed by atoms with van der Waals surface area (Å²) in [5.41, 5.74) is 2.69. The maximum Gasteiger partial charge on any atom is 0.125 e. The van der Waals surface area contributed by atoms with Gasteiger partial charge < -0.3 is 4.74 Å². The molecule has 1 aromatic rings. The van der Waals surface area contributed by atoms with E-state index in [9.17, 15) is 0 Å². The second-order valence-electron chi connectivity index (χ2n) is 5.42. The maximum atomic E-state index is 6.47. The van der Waals surface area contributed by atoms with Crippen LogP contribution in [-0.4, -0.2) is 12.0 Å². The van der Waals surface area contributed by atoms with Crippen molar-refractivity contribution in [1.29, 1.82) is 0 Å². The molecule has 1 saturated carbocycles. The molecule has 1 aromatic carbocycles. The van der Waals surface area contributed by atoms with Crippen molar-refractivity contribution in [2.75, 3.05) is 6.61 Å². The third-order valence-corrected chi connectivity index (χ3v) is 5.16. The Labute approximate surface area is 122 Å². The van der Waals surface area contributed by atoms with E-state index >= 15 is 0 Å². The van der Waals surface area contributed by atoms with Gasteiger partial charge in [-0.15, -0.1) is 11.6 Å². The largest absolute Gasteiger partial charge is 0.493 e. The minimum absolute atomic E-state index is 0.342. The van der Waals surface area contributed by atoms with E-state index in [0.29, 0.717) is 11.3 Å². The molecule has 1 heterocycles. The van der Waals surface area contributed by atoms with E-state index in [1.54, 1.807) is 0 Å². The van der Waals surface area contributed by atoms with Gasteiger partial charge in [-0.05, 0) is 48.4 Å². The van der Waals surface area contributed by atoms with Crippen LogP contribution in [-0.2, 0) is 12.8 Å². The third-order valence-electron chi connectivity index (χ3n) is 4.12. The molecule has 98 valence electrons. The first-order valence-electron chi connectivity index (χ1n) is 6.82. The number of fused-ring (bicyclic) bond motifs is 1. The van der Waals surface area contributed by atoms with Gasteiger partial charge in [0, 0.05) is 16.3 Å². The summed E-state index contributed by atoms with van der Waals surface area (Å²) in [4.78, 5) is 0. The van der Waals surface area contributed by atoms with Gasteiger partial charge in [0.1, 0.15) is 5.75 Å². The topological polar surface area (TPSA) is 9.23 Å². The lowest BCUT2D eigenvalue weighted by Gasteiger charge is -2.27. The van der Waals surface area contributed by atoms with Crippen LogP contribution in [0.15, 0.2) is 16.6 Å². The smallest absolute Gasteiger partial charge is 0.125 e. The van der Waals surface area contributed by atoms with E-state index in [-0.39, 0.29) is 0 Å². The lowest BCUT2D eigenvalue weighted by molar-refractivity contribution is 0.337. The molecule has 1 fully saturated rings. The van der Waals surface area contributed by atoms with Crippen molar-refractivity contribution in [3.63, 3.8) is 0 Å². The highest BCUT2D eigenvalue weighted by Crippen LogP contribution is 2.38. The lowest BCUT2D eigenvalue weighted by Crippen LogP contribution is -2.22. The molecule has 2 atom stereocenters. The van der Waals surface area contributed by atoms with Crippen LogP contribution in [0.1, 0.15) is 36.8 Å². The third kappa shape index (κ3) is 2.55. The standard InChI is InChI=1S/C15H18BrClO/c16-13-8-11-5-6-18-15(11)12(9-13)7-10-3-1-2-4-14(10)17/h8-10,14H,1-7H2.